The van der Waals surface area contributed by atoms with Crippen LogP contribution in [0.3, 0.4) is 0 Å². The zero-order chi connectivity index (χ0) is 24.1. The average Bonchev–Trinajstić information content (AvgIpc) is 2.60. The largest absolute Gasteiger partial charge is 0.748 e. The van der Waals surface area contributed by atoms with Gasteiger partial charge >= 0.3 is 0 Å². The van der Waals surface area contributed by atoms with Crippen LogP contribution in [0.4, 0.5) is 0 Å². The molecule has 0 atom stereocenters. The van der Waals surface area contributed by atoms with Crippen LogP contribution >= 0.6 is 0 Å². The van der Waals surface area contributed by atoms with E-state index < -0.39 is 26.1 Å². The van der Waals surface area contributed by atoms with E-state index in [1.54, 1.807) is 35.3 Å². The number of oxime groups is 1. The summed E-state index contributed by atoms with van der Waals surface area (Å²) in [5, 5.41) is 11.5. The highest BCUT2D eigenvalue weighted by Gasteiger charge is 2.06. The molecule has 2 aromatic rings. The maximum atomic E-state index is 10.9. The fourth-order valence-electron chi connectivity index (χ4n) is 1.72. The summed E-state index contributed by atoms with van der Waals surface area (Å²) < 4.78 is 63.6. The van der Waals surface area contributed by atoms with Gasteiger partial charge in [0.25, 0.3) is 13.5 Å². The Morgan fingerprint density at radius 2 is 1.55 bits per heavy atom. The second kappa shape index (κ2) is 13.3. The van der Waals surface area contributed by atoms with E-state index in [9.17, 15) is 4.79 Å². The molecule has 2 rings (SSSR count). The normalized spacial score (nSPS) is 11.1. The minimum absolute atomic E-state index is 0.338. The molecule has 13 nitrogen and oxygen atoms in total. The lowest BCUT2D eigenvalue weighted by Gasteiger charge is -1.99. The molecular weight excluding hydrogens is 456 g/mol. The molecule has 0 saturated heterocycles. The Balaban J connectivity index is 0.000000752. The maximum absolute atomic E-state index is 10.9. The fourth-order valence-corrected chi connectivity index (χ4v) is 1.72. The standard InChI is InChI=1S/C14H14N4O3.2CH4O3S/c15-14(19)13-3-6-17(7-4-13)10-21-11-18-5-1-2-12(9-18)8-16-20;2*1-5(2,3)4/h1-9H,10-11H2,(H-2,15,19,20);2*1H3,(H,2,3,4)/b16-8+;;. The average molecular weight is 479 g/mol. The molecule has 0 radical (unpaired) electrons. The monoisotopic (exact) mass is 478 g/mol. The van der Waals surface area contributed by atoms with Crippen LogP contribution in [0.15, 0.2) is 54.2 Å². The van der Waals surface area contributed by atoms with E-state index in [0.29, 0.717) is 31.5 Å². The highest BCUT2D eigenvalue weighted by atomic mass is 32.2. The summed E-state index contributed by atoms with van der Waals surface area (Å²) in [5.41, 5.74) is 6.39. The number of hydrogen-bond acceptors (Lipinski definition) is 10. The number of pyridine rings is 2. The summed E-state index contributed by atoms with van der Waals surface area (Å²) in [4.78, 5) is 10.9. The van der Waals surface area contributed by atoms with E-state index in [1.807, 2.05) is 22.9 Å². The van der Waals surface area contributed by atoms with E-state index in [4.69, 9.17) is 41.6 Å². The molecule has 0 unspecified atom stereocenters. The van der Waals surface area contributed by atoms with Gasteiger partial charge in [0.2, 0.25) is 5.91 Å². The molecule has 0 aromatic carbocycles. The number of carbonyl (C=O) groups excluding carboxylic acids is 1. The van der Waals surface area contributed by atoms with E-state index >= 15 is 0 Å². The van der Waals surface area contributed by atoms with Crippen LogP contribution in [-0.4, -0.2) is 55.8 Å². The highest BCUT2D eigenvalue weighted by molar-refractivity contribution is 7.85. The van der Waals surface area contributed by atoms with Crippen molar-refractivity contribution in [2.75, 3.05) is 12.5 Å². The SMILES string of the molecule is CS(=O)(=O)[O-].CS(=O)(=O)[O-].NC(=O)c1cc[n+](COC[n+]2cccc(/C=N/O)c2)cc1. The lowest BCUT2D eigenvalue weighted by molar-refractivity contribution is -0.788. The van der Waals surface area contributed by atoms with E-state index in [1.165, 1.54) is 6.21 Å². The van der Waals surface area contributed by atoms with Gasteiger partial charge in [0.15, 0.2) is 24.8 Å². The predicted octanol–water partition coefficient (Wildman–Crippen LogP) is -1.88. The Kier molecular flexibility index (Phi) is 12.1. The molecule has 0 aliphatic rings. The van der Waals surface area contributed by atoms with E-state index in [-0.39, 0.29) is 0 Å². The van der Waals surface area contributed by atoms with Crippen LogP contribution in [0, 0.1) is 0 Å². The Labute approximate surface area is 179 Å². The number of ether oxygens (including phenoxy) is 1. The molecule has 0 fully saturated rings. The number of carbonyl (C=O) groups is 1. The van der Waals surface area contributed by atoms with Gasteiger partial charge in [-0.3, -0.25) is 9.53 Å². The molecule has 1 amide bonds. The summed E-state index contributed by atoms with van der Waals surface area (Å²) >= 11 is 0. The summed E-state index contributed by atoms with van der Waals surface area (Å²) in [6.07, 6.45) is 9.63. The molecular formula is C16H22N4O9S2. The smallest absolute Gasteiger partial charge is 0.257 e. The zero-order valence-corrected chi connectivity index (χ0v) is 18.2. The number of primary amides is 1. The molecule has 0 saturated carbocycles. The first-order chi connectivity index (χ1) is 14.2. The second-order valence-electron chi connectivity index (χ2n) is 5.73. The van der Waals surface area contributed by atoms with Crippen molar-refractivity contribution in [2.24, 2.45) is 10.9 Å². The predicted molar refractivity (Wildman–Crippen MR) is 103 cm³/mol. The topological polar surface area (TPSA) is 207 Å². The van der Waals surface area contributed by atoms with Crippen molar-refractivity contribution in [3.05, 3.63) is 60.2 Å². The van der Waals surface area contributed by atoms with Crippen molar-refractivity contribution >= 4 is 32.4 Å². The third-order valence-electron chi connectivity index (χ3n) is 2.74. The third kappa shape index (κ3) is 18.8. The molecule has 31 heavy (non-hydrogen) atoms. The van der Waals surface area contributed by atoms with Crippen molar-refractivity contribution < 1.29 is 49.8 Å². The van der Waals surface area contributed by atoms with Crippen LogP contribution in [0.1, 0.15) is 15.9 Å². The minimum Gasteiger partial charge on any atom is -0.748 e. The van der Waals surface area contributed by atoms with Gasteiger partial charge in [0.05, 0.1) is 37.6 Å². The summed E-state index contributed by atoms with van der Waals surface area (Å²) in [6.45, 7) is 0.683. The van der Waals surface area contributed by atoms with Gasteiger partial charge in [-0.1, -0.05) is 5.16 Å². The Morgan fingerprint density at radius 3 is 2.00 bits per heavy atom. The molecule has 0 aliphatic carbocycles. The molecule has 0 aliphatic heterocycles. The first kappa shape index (κ1) is 28.0. The van der Waals surface area contributed by atoms with Gasteiger partial charge < -0.3 is 20.0 Å². The zero-order valence-electron chi connectivity index (χ0n) is 16.6. The summed E-state index contributed by atoms with van der Waals surface area (Å²) in [6, 6.07) is 6.91. The van der Waals surface area contributed by atoms with E-state index in [2.05, 4.69) is 5.16 Å². The number of amides is 1. The lowest BCUT2D eigenvalue weighted by Crippen LogP contribution is -2.40. The van der Waals surface area contributed by atoms with Crippen LogP contribution in [0.5, 0.6) is 0 Å². The Bertz CT molecular complexity index is 1020. The van der Waals surface area contributed by atoms with Crippen LogP contribution in [0.2, 0.25) is 0 Å². The maximum Gasteiger partial charge on any atom is 0.257 e. The fraction of sp³-hybridized carbons (Fsp3) is 0.250. The van der Waals surface area contributed by atoms with Crippen molar-refractivity contribution in [1.29, 1.82) is 0 Å². The molecule has 15 heteroatoms. The van der Waals surface area contributed by atoms with Crippen molar-refractivity contribution in [3.63, 3.8) is 0 Å². The Hall–Kier alpha value is -2.98. The third-order valence-corrected chi connectivity index (χ3v) is 2.74. The molecule has 2 heterocycles. The number of hydrogen-bond donors (Lipinski definition) is 2. The quantitative estimate of drug-likeness (QED) is 0.156. The number of nitrogens with two attached hydrogens (primary N) is 1. The van der Waals surface area contributed by atoms with Crippen LogP contribution in [-0.2, 0) is 38.4 Å². The minimum atomic E-state index is -3.92. The second-order valence-corrected chi connectivity index (χ2v) is 8.55. The lowest BCUT2D eigenvalue weighted by atomic mass is 10.2. The van der Waals surface area contributed by atoms with Crippen LogP contribution in [0.25, 0.3) is 0 Å². The first-order valence-corrected chi connectivity index (χ1v) is 11.7. The highest BCUT2D eigenvalue weighted by Crippen LogP contribution is 1.93. The van der Waals surface area contributed by atoms with E-state index in [0.717, 1.165) is 5.56 Å². The number of nitrogens with zero attached hydrogens (tertiary/aromatic N) is 3. The van der Waals surface area contributed by atoms with Gasteiger partial charge in [0, 0.05) is 30.7 Å². The van der Waals surface area contributed by atoms with Gasteiger partial charge in [0.1, 0.15) is 0 Å². The summed E-state index contributed by atoms with van der Waals surface area (Å²) in [7, 11) is -7.83. The van der Waals surface area contributed by atoms with Crippen molar-refractivity contribution in [3.8, 4) is 0 Å². The molecule has 0 bridgehead atoms. The van der Waals surface area contributed by atoms with Crippen molar-refractivity contribution in [1.82, 2.24) is 0 Å². The van der Waals surface area contributed by atoms with Gasteiger partial charge in [-0.15, -0.1) is 0 Å². The Morgan fingerprint density at radius 1 is 1.06 bits per heavy atom. The first-order valence-electron chi connectivity index (χ1n) is 8.04. The molecule has 0 spiro atoms. The van der Waals surface area contributed by atoms with Gasteiger partial charge in [-0.05, 0) is 6.07 Å². The van der Waals surface area contributed by atoms with Gasteiger partial charge in [-0.2, -0.15) is 9.13 Å². The number of rotatable bonds is 6. The van der Waals surface area contributed by atoms with Crippen LogP contribution < -0.4 is 14.9 Å². The molecule has 2 aromatic heterocycles. The van der Waals surface area contributed by atoms with Gasteiger partial charge in [-0.25, -0.2) is 16.8 Å². The summed E-state index contributed by atoms with van der Waals surface area (Å²) in [5.74, 6) is -0.457. The van der Waals surface area contributed by atoms with Crippen molar-refractivity contribution in [2.45, 2.75) is 13.5 Å². The number of aromatic nitrogens is 2. The molecule has 3 N–H and O–H groups in total. The molecule has 172 valence electrons.